The summed E-state index contributed by atoms with van der Waals surface area (Å²) in [4.78, 5) is 29.1. The highest BCUT2D eigenvalue weighted by molar-refractivity contribution is 7.15. The number of carbonyl (C=O) groups is 2. The summed E-state index contributed by atoms with van der Waals surface area (Å²) in [6, 6.07) is 3.61. The van der Waals surface area contributed by atoms with Gasteiger partial charge in [-0.3, -0.25) is 9.59 Å². The van der Waals surface area contributed by atoms with Gasteiger partial charge in [-0.25, -0.2) is 4.98 Å². The summed E-state index contributed by atoms with van der Waals surface area (Å²) >= 11 is 2.85. The van der Waals surface area contributed by atoms with Gasteiger partial charge in [0, 0.05) is 24.0 Å². The molecule has 0 saturated carbocycles. The second kappa shape index (κ2) is 7.16. The van der Waals surface area contributed by atoms with Crippen LogP contribution in [0.2, 0.25) is 0 Å². The number of rotatable bonds is 6. The molecule has 0 aliphatic rings. The molecule has 0 saturated heterocycles. The summed E-state index contributed by atoms with van der Waals surface area (Å²) in [7, 11) is 0. The zero-order chi connectivity index (χ0) is 14.4. The molecule has 0 bridgehead atoms. The monoisotopic (exact) mass is 309 g/mol. The molecule has 7 heteroatoms. The van der Waals surface area contributed by atoms with E-state index in [0.717, 1.165) is 4.88 Å². The fraction of sp³-hybridized carbons (Fsp3) is 0.308. The Morgan fingerprint density at radius 2 is 2.25 bits per heavy atom. The van der Waals surface area contributed by atoms with Crippen LogP contribution in [0.3, 0.4) is 0 Å². The van der Waals surface area contributed by atoms with Gasteiger partial charge < -0.3 is 10.6 Å². The first-order valence-corrected chi connectivity index (χ1v) is 7.89. The van der Waals surface area contributed by atoms with Crippen molar-refractivity contribution in [2.45, 2.75) is 19.8 Å². The van der Waals surface area contributed by atoms with Crippen molar-refractivity contribution in [2.75, 3.05) is 11.9 Å². The fourth-order valence-electron chi connectivity index (χ4n) is 1.54. The SMILES string of the molecule is Cc1cnc(NC(=O)CCCNC(=O)c2cccs2)s1. The van der Waals surface area contributed by atoms with E-state index in [1.165, 1.54) is 22.7 Å². The summed E-state index contributed by atoms with van der Waals surface area (Å²) in [6.07, 6.45) is 2.69. The average molecular weight is 309 g/mol. The average Bonchev–Trinajstić information content (AvgIpc) is 3.06. The van der Waals surface area contributed by atoms with Crippen LogP contribution in [0.1, 0.15) is 27.4 Å². The highest BCUT2D eigenvalue weighted by Crippen LogP contribution is 2.16. The number of anilines is 1. The Kier molecular flexibility index (Phi) is 5.25. The van der Waals surface area contributed by atoms with Crippen LogP contribution in [-0.4, -0.2) is 23.3 Å². The molecule has 106 valence electrons. The van der Waals surface area contributed by atoms with E-state index in [0.29, 0.717) is 29.4 Å². The minimum absolute atomic E-state index is 0.0790. The van der Waals surface area contributed by atoms with Crippen LogP contribution in [-0.2, 0) is 4.79 Å². The highest BCUT2D eigenvalue weighted by Gasteiger charge is 2.07. The van der Waals surface area contributed by atoms with Crippen LogP contribution < -0.4 is 10.6 Å². The van der Waals surface area contributed by atoms with E-state index in [4.69, 9.17) is 0 Å². The maximum absolute atomic E-state index is 11.6. The fourth-order valence-corrected chi connectivity index (χ4v) is 2.86. The summed E-state index contributed by atoms with van der Waals surface area (Å²) in [5.74, 6) is -0.166. The maximum atomic E-state index is 11.6. The molecule has 0 aromatic carbocycles. The number of hydrogen-bond acceptors (Lipinski definition) is 5. The summed E-state index contributed by atoms with van der Waals surface area (Å²) in [6.45, 7) is 2.43. The van der Waals surface area contributed by atoms with Gasteiger partial charge in [-0.05, 0) is 24.8 Å². The summed E-state index contributed by atoms with van der Waals surface area (Å²) < 4.78 is 0. The highest BCUT2D eigenvalue weighted by atomic mass is 32.1. The number of aryl methyl sites for hydroxylation is 1. The number of carbonyl (C=O) groups excluding carboxylic acids is 2. The lowest BCUT2D eigenvalue weighted by molar-refractivity contribution is -0.116. The number of thiophene rings is 1. The molecule has 2 N–H and O–H groups in total. The van der Waals surface area contributed by atoms with E-state index in [2.05, 4.69) is 15.6 Å². The van der Waals surface area contributed by atoms with E-state index in [1.807, 2.05) is 18.4 Å². The van der Waals surface area contributed by atoms with Crippen LogP contribution >= 0.6 is 22.7 Å². The van der Waals surface area contributed by atoms with Gasteiger partial charge in [0.25, 0.3) is 5.91 Å². The molecule has 2 heterocycles. The predicted octanol–water partition coefficient (Wildman–Crippen LogP) is 2.66. The number of nitrogens with zero attached hydrogens (tertiary/aromatic N) is 1. The van der Waals surface area contributed by atoms with Gasteiger partial charge >= 0.3 is 0 Å². The van der Waals surface area contributed by atoms with Gasteiger partial charge in [0.2, 0.25) is 5.91 Å². The molecule has 0 fully saturated rings. The smallest absolute Gasteiger partial charge is 0.261 e. The van der Waals surface area contributed by atoms with Crippen molar-refractivity contribution in [3.63, 3.8) is 0 Å². The molecule has 2 amide bonds. The summed E-state index contributed by atoms with van der Waals surface area (Å²) in [5, 5.41) is 8.00. The van der Waals surface area contributed by atoms with Gasteiger partial charge in [-0.15, -0.1) is 22.7 Å². The third kappa shape index (κ3) is 4.43. The molecule has 2 aromatic rings. The number of thiazole rings is 1. The number of amides is 2. The van der Waals surface area contributed by atoms with Crippen molar-refractivity contribution in [2.24, 2.45) is 0 Å². The molecule has 2 rings (SSSR count). The standard InChI is InChI=1S/C13H15N3O2S2/c1-9-8-15-13(20-9)16-11(17)5-2-6-14-12(18)10-4-3-7-19-10/h3-4,7-8H,2,5-6H2,1H3,(H,14,18)(H,15,16,17). The first-order valence-electron chi connectivity index (χ1n) is 6.19. The molecule has 0 atom stereocenters. The lowest BCUT2D eigenvalue weighted by atomic mass is 10.3. The summed E-state index contributed by atoms with van der Waals surface area (Å²) in [5.41, 5.74) is 0. The Labute approximate surface area is 125 Å². The van der Waals surface area contributed by atoms with E-state index in [1.54, 1.807) is 12.3 Å². The lowest BCUT2D eigenvalue weighted by Gasteiger charge is -2.03. The molecular weight excluding hydrogens is 294 g/mol. The van der Waals surface area contributed by atoms with Gasteiger partial charge in [0.15, 0.2) is 5.13 Å². The minimum atomic E-state index is -0.0871. The van der Waals surface area contributed by atoms with E-state index >= 15 is 0 Å². The maximum Gasteiger partial charge on any atom is 0.261 e. The molecule has 0 aliphatic carbocycles. The molecule has 5 nitrogen and oxygen atoms in total. The largest absolute Gasteiger partial charge is 0.351 e. The van der Waals surface area contributed by atoms with Crippen LogP contribution in [0.4, 0.5) is 5.13 Å². The Morgan fingerprint density at radius 3 is 2.90 bits per heavy atom. The second-order valence-electron chi connectivity index (χ2n) is 4.16. The molecule has 0 radical (unpaired) electrons. The normalized spacial score (nSPS) is 10.2. The molecule has 0 spiro atoms. The van der Waals surface area contributed by atoms with Crippen molar-refractivity contribution in [3.8, 4) is 0 Å². The van der Waals surface area contributed by atoms with Crippen molar-refractivity contribution >= 4 is 39.6 Å². The van der Waals surface area contributed by atoms with Gasteiger partial charge in [-0.2, -0.15) is 0 Å². The third-order valence-corrected chi connectivity index (χ3v) is 4.18. The van der Waals surface area contributed by atoms with Gasteiger partial charge in [0.1, 0.15) is 0 Å². The Hall–Kier alpha value is -1.73. The van der Waals surface area contributed by atoms with E-state index in [-0.39, 0.29) is 11.8 Å². The Balaban J connectivity index is 1.63. The number of nitrogens with one attached hydrogen (secondary N) is 2. The van der Waals surface area contributed by atoms with Crippen molar-refractivity contribution in [3.05, 3.63) is 33.5 Å². The molecule has 2 aromatic heterocycles. The predicted molar refractivity (Wildman–Crippen MR) is 81.4 cm³/mol. The zero-order valence-electron chi connectivity index (χ0n) is 11.0. The van der Waals surface area contributed by atoms with Crippen molar-refractivity contribution in [1.29, 1.82) is 0 Å². The Bertz CT molecular complexity index is 578. The number of hydrogen-bond donors (Lipinski definition) is 2. The molecule has 0 aliphatic heterocycles. The second-order valence-corrected chi connectivity index (χ2v) is 6.34. The molecule has 20 heavy (non-hydrogen) atoms. The Morgan fingerprint density at radius 1 is 1.40 bits per heavy atom. The first-order chi connectivity index (χ1) is 9.65. The van der Waals surface area contributed by atoms with Crippen LogP contribution in [0.15, 0.2) is 23.7 Å². The molecular formula is C13H15N3O2S2. The lowest BCUT2D eigenvalue weighted by Crippen LogP contribution is -2.24. The van der Waals surface area contributed by atoms with Crippen LogP contribution in [0.5, 0.6) is 0 Å². The van der Waals surface area contributed by atoms with Crippen LogP contribution in [0.25, 0.3) is 0 Å². The van der Waals surface area contributed by atoms with Gasteiger partial charge in [-0.1, -0.05) is 6.07 Å². The van der Waals surface area contributed by atoms with Gasteiger partial charge in [0.05, 0.1) is 4.88 Å². The third-order valence-electron chi connectivity index (χ3n) is 2.48. The zero-order valence-corrected chi connectivity index (χ0v) is 12.6. The first kappa shape index (κ1) is 14.7. The van der Waals surface area contributed by atoms with Crippen LogP contribution in [0, 0.1) is 6.92 Å². The topological polar surface area (TPSA) is 71.1 Å². The minimum Gasteiger partial charge on any atom is -0.351 e. The van der Waals surface area contributed by atoms with Crippen molar-refractivity contribution in [1.82, 2.24) is 10.3 Å². The van der Waals surface area contributed by atoms with Crippen molar-refractivity contribution < 1.29 is 9.59 Å². The van der Waals surface area contributed by atoms with E-state index in [9.17, 15) is 9.59 Å². The number of aromatic nitrogens is 1. The van der Waals surface area contributed by atoms with E-state index < -0.39 is 0 Å². The molecule has 0 unspecified atom stereocenters. The quantitative estimate of drug-likeness (QED) is 0.806.